The van der Waals surface area contributed by atoms with Crippen molar-refractivity contribution in [3.63, 3.8) is 0 Å². The SMILES string of the molecule is c1ccc2nc(NCCC3CCNC3)nnc2c1. The van der Waals surface area contributed by atoms with Crippen LogP contribution in [-0.4, -0.2) is 34.8 Å². The van der Waals surface area contributed by atoms with Crippen molar-refractivity contribution in [1.82, 2.24) is 20.5 Å². The van der Waals surface area contributed by atoms with E-state index in [0.29, 0.717) is 5.95 Å². The van der Waals surface area contributed by atoms with Crippen molar-refractivity contribution in [3.8, 4) is 0 Å². The standard InChI is InChI=1S/C13H17N5/c1-2-4-12-11(3-1)16-13(18-17-12)15-8-6-10-5-7-14-9-10/h1-4,10,14H,5-9H2,(H,15,16,18). The van der Waals surface area contributed by atoms with Gasteiger partial charge in [-0.2, -0.15) is 0 Å². The highest BCUT2D eigenvalue weighted by Crippen LogP contribution is 2.13. The molecular formula is C13H17N5. The Morgan fingerprint density at radius 2 is 2.11 bits per heavy atom. The summed E-state index contributed by atoms with van der Waals surface area (Å²) in [6.07, 6.45) is 2.43. The van der Waals surface area contributed by atoms with Crippen LogP contribution in [0.2, 0.25) is 0 Å². The molecule has 2 N–H and O–H groups in total. The molecule has 0 radical (unpaired) electrons. The summed E-state index contributed by atoms with van der Waals surface area (Å²) in [6, 6.07) is 7.78. The molecule has 0 spiro atoms. The van der Waals surface area contributed by atoms with Gasteiger partial charge in [-0.3, -0.25) is 0 Å². The number of anilines is 1. The lowest BCUT2D eigenvalue weighted by Crippen LogP contribution is -2.14. The third kappa shape index (κ3) is 2.56. The number of rotatable bonds is 4. The molecule has 1 atom stereocenters. The molecule has 1 fully saturated rings. The molecule has 1 aliphatic rings. The summed E-state index contributed by atoms with van der Waals surface area (Å²) in [5, 5.41) is 14.9. The number of hydrogen-bond acceptors (Lipinski definition) is 5. The Labute approximate surface area is 106 Å². The van der Waals surface area contributed by atoms with E-state index in [9.17, 15) is 0 Å². The Morgan fingerprint density at radius 1 is 1.22 bits per heavy atom. The van der Waals surface area contributed by atoms with Crippen LogP contribution in [0.3, 0.4) is 0 Å². The first-order valence-electron chi connectivity index (χ1n) is 6.46. The zero-order valence-electron chi connectivity index (χ0n) is 10.3. The van der Waals surface area contributed by atoms with Gasteiger partial charge in [-0.1, -0.05) is 12.1 Å². The van der Waals surface area contributed by atoms with E-state index >= 15 is 0 Å². The minimum Gasteiger partial charge on any atom is -0.353 e. The van der Waals surface area contributed by atoms with Crippen LogP contribution in [0.1, 0.15) is 12.8 Å². The van der Waals surface area contributed by atoms with E-state index in [0.717, 1.165) is 43.0 Å². The molecule has 0 aliphatic carbocycles. The first kappa shape index (κ1) is 11.3. The van der Waals surface area contributed by atoms with Crippen LogP contribution in [0.4, 0.5) is 5.95 Å². The van der Waals surface area contributed by atoms with Gasteiger partial charge in [-0.25, -0.2) is 4.98 Å². The number of benzene rings is 1. The second-order valence-corrected chi connectivity index (χ2v) is 4.70. The fourth-order valence-electron chi connectivity index (χ4n) is 2.30. The van der Waals surface area contributed by atoms with Gasteiger partial charge in [0.05, 0.1) is 5.52 Å². The van der Waals surface area contributed by atoms with Crippen LogP contribution in [0, 0.1) is 5.92 Å². The summed E-state index contributed by atoms with van der Waals surface area (Å²) < 4.78 is 0. The van der Waals surface area contributed by atoms with E-state index in [2.05, 4.69) is 25.8 Å². The van der Waals surface area contributed by atoms with Crippen molar-refractivity contribution >= 4 is 17.0 Å². The molecule has 1 aromatic heterocycles. The maximum Gasteiger partial charge on any atom is 0.243 e. The maximum atomic E-state index is 4.44. The fourth-order valence-corrected chi connectivity index (χ4v) is 2.30. The Kier molecular flexibility index (Phi) is 3.32. The van der Waals surface area contributed by atoms with Gasteiger partial charge >= 0.3 is 0 Å². The summed E-state index contributed by atoms with van der Waals surface area (Å²) in [7, 11) is 0. The number of nitrogens with one attached hydrogen (secondary N) is 2. The largest absolute Gasteiger partial charge is 0.353 e. The van der Waals surface area contributed by atoms with Crippen LogP contribution in [0.15, 0.2) is 24.3 Å². The molecule has 1 saturated heterocycles. The number of hydrogen-bond donors (Lipinski definition) is 2. The van der Waals surface area contributed by atoms with Gasteiger partial charge in [0, 0.05) is 6.54 Å². The second kappa shape index (κ2) is 5.27. The van der Waals surface area contributed by atoms with Gasteiger partial charge in [-0.15, -0.1) is 10.2 Å². The smallest absolute Gasteiger partial charge is 0.243 e. The lowest BCUT2D eigenvalue weighted by molar-refractivity contribution is 0.548. The van der Waals surface area contributed by atoms with Crippen molar-refractivity contribution in [2.24, 2.45) is 5.92 Å². The summed E-state index contributed by atoms with van der Waals surface area (Å²) in [4.78, 5) is 4.44. The van der Waals surface area contributed by atoms with Crippen molar-refractivity contribution in [1.29, 1.82) is 0 Å². The molecule has 18 heavy (non-hydrogen) atoms. The van der Waals surface area contributed by atoms with Crippen LogP contribution in [0.25, 0.3) is 11.0 Å². The third-order valence-electron chi connectivity index (χ3n) is 3.36. The summed E-state index contributed by atoms with van der Waals surface area (Å²) in [5.74, 6) is 1.41. The number of nitrogens with zero attached hydrogens (tertiary/aromatic N) is 3. The summed E-state index contributed by atoms with van der Waals surface area (Å²) in [5.41, 5.74) is 1.72. The van der Waals surface area contributed by atoms with Crippen molar-refractivity contribution in [3.05, 3.63) is 24.3 Å². The summed E-state index contributed by atoms with van der Waals surface area (Å²) in [6.45, 7) is 3.20. The highest BCUT2D eigenvalue weighted by atomic mass is 15.2. The second-order valence-electron chi connectivity index (χ2n) is 4.70. The van der Waals surface area contributed by atoms with Gasteiger partial charge in [0.25, 0.3) is 0 Å². The average Bonchev–Trinajstić information content (AvgIpc) is 2.92. The fraction of sp³-hybridized carbons (Fsp3) is 0.462. The molecule has 5 heteroatoms. The predicted molar refractivity (Wildman–Crippen MR) is 71.4 cm³/mol. The number of aromatic nitrogens is 3. The monoisotopic (exact) mass is 243 g/mol. The van der Waals surface area contributed by atoms with E-state index in [1.807, 2.05) is 24.3 Å². The average molecular weight is 243 g/mol. The molecule has 1 aliphatic heterocycles. The van der Waals surface area contributed by atoms with Crippen LogP contribution < -0.4 is 10.6 Å². The van der Waals surface area contributed by atoms with Gasteiger partial charge in [0.2, 0.25) is 5.95 Å². The zero-order valence-corrected chi connectivity index (χ0v) is 10.3. The Morgan fingerprint density at radius 3 is 2.94 bits per heavy atom. The maximum absolute atomic E-state index is 4.44. The van der Waals surface area contributed by atoms with Gasteiger partial charge < -0.3 is 10.6 Å². The highest BCUT2D eigenvalue weighted by Gasteiger charge is 2.13. The van der Waals surface area contributed by atoms with Crippen molar-refractivity contribution in [2.75, 3.05) is 25.0 Å². The quantitative estimate of drug-likeness (QED) is 0.850. The van der Waals surface area contributed by atoms with E-state index in [1.54, 1.807) is 0 Å². The van der Waals surface area contributed by atoms with Gasteiger partial charge in [0.15, 0.2) is 0 Å². The first-order valence-corrected chi connectivity index (χ1v) is 6.46. The molecule has 5 nitrogen and oxygen atoms in total. The van der Waals surface area contributed by atoms with E-state index < -0.39 is 0 Å². The molecule has 0 bridgehead atoms. The normalized spacial score (nSPS) is 19.2. The van der Waals surface area contributed by atoms with Crippen molar-refractivity contribution in [2.45, 2.75) is 12.8 Å². The molecule has 3 rings (SSSR count). The Balaban J connectivity index is 1.60. The molecule has 94 valence electrons. The lowest BCUT2D eigenvalue weighted by atomic mass is 10.1. The molecule has 0 saturated carbocycles. The molecule has 0 amide bonds. The molecule has 1 aromatic carbocycles. The number of para-hydroxylation sites is 1. The van der Waals surface area contributed by atoms with Crippen LogP contribution in [-0.2, 0) is 0 Å². The third-order valence-corrected chi connectivity index (χ3v) is 3.36. The highest BCUT2D eigenvalue weighted by molar-refractivity contribution is 5.73. The predicted octanol–water partition coefficient (Wildman–Crippen LogP) is 1.44. The zero-order chi connectivity index (χ0) is 12.2. The first-order chi connectivity index (χ1) is 8.92. The summed E-state index contributed by atoms with van der Waals surface area (Å²) >= 11 is 0. The van der Waals surface area contributed by atoms with Crippen LogP contribution >= 0.6 is 0 Å². The Hall–Kier alpha value is -1.75. The molecular weight excluding hydrogens is 226 g/mol. The Bertz CT molecular complexity index is 522. The molecule has 2 heterocycles. The molecule has 1 unspecified atom stereocenters. The van der Waals surface area contributed by atoms with E-state index in [-0.39, 0.29) is 0 Å². The van der Waals surface area contributed by atoms with Crippen molar-refractivity contribution < 1.29 is 0 Å². The van der Waals surface area contributed by atoms with Gasteiger partial charge in [-0.05, 0) is 44.0 Å². The number of fused-ring (bicyclic) bond motifs is 1. The molecule has 2 aromatic rings. The minimum absolute atomic E-state index is 0.625. The van der Waals surface area contributed by atoms with E-state index in [1.165, 1.54) is 6.42 Å². The topological polar surface area (TPSA) is 62.7 Å². The van der Waals surface area contributed by atoms with Gasteiger partial charge in [0.1, 0.15) is 5.52 Å². The lowest BCUT2D eigenvalue weighted by Gasteiger charge is -2.08. The van der Waals surface area contributed by atoms with E-state index in [4.69, 9.17) is 0 Å². The minimum atomic E-state index is 0.625. The van der Waals surface area contributed by atoms with Crippen LogP contribution in [0.5, 0.6) is 0 Å².